The van der Waals surface area contributed by atoms with Gasteiger partial charge in [-0.1, -0.05) is 20.8 Å². The molecule has 2 atom stereocenters. The van der Waals surface area contributed by atoms with Crippen molar-refractivity contribution in [3.63, 3.8) is 0 Å². The second kappa shape index (κ2) is 5.81. The van der Waals surface area contributed by atoms with Crippen molar-refractivity contribution >= 4 is 14.4 Å². The van der Waals surface area contributed by atoms with Crippen molar-refractivity contribution in [1.82, 2.24) is 4.90 Å². The van der Waals surface area contributed by atoms with E-state index in [-0.39, 0.29) is 17.2 Å². The average Bonchev–Trinajstić information content (AvgIpc) is 2.59. The lowest BCUT2D eigenvalue weighted by Crippen LogP contribution is -2.44. The Hall–Kier alpha value is -0.593. The molecule has 1 saturated heterocycles. The van der Waals surface area contributed by atoms with Gasteiger partial charge < -0.3 is 19.2 Å². The summed E-state index contributed by atoms with van der Waals surface area (Å²) in [6.45, 7) is 11.9. The van der Waals surface area contributed by atoms with Gasteiger partial charge in [0, 0.05) is 13.7 Å². The molecule has 0 radical (unpaired) electrons. The predicted octanol–water partition coefficient (Wildman–Crippen LogP) is 2.78. The number of ether oxygens (including phenoxy) is 1. The molecule has 1 amide bonds. The topological polar surface area (TPSA) is 59.0 Å². The second-order valence-corrected chi connectivity index (χ2v) is 11.5. The van der Waals surface area contributed by atoms with Crippen LogP contribution >= 0.6 is 0 Å². The third-order valence-electron chi connectivity index (χ3n) is 4.25. The number of hydrogen-bond acceptors (Lipinski definition) is 3. The largest absolute Gasteiger partial charge is 0.465 e. The third kappa shape index (κ3) is 3.93. The van der Waals surface area contributed by atoms with Crippen molar-refractivity contribution in [2.75, 3.05) is 20.3 Å². The summed E-state index contributed by atoms with van der Waals surface area (Å²) in [5.41, 5.74) is 0. The highest BCUT2D eigenvalue weighted by molar-refractivity contribution is 6.74. The summed E-state index contributed by atoms with van der Waals surface area (Å²) in [5.74, 6) is 0. The van der Waals surface area contributed by atoms with Gasteiger partial charge in [-0.3, -0.25) is 0 Å². The van der Waals surface area contributed by atoms with Gasteiger partial charge in [0.2, 0.25) is 0 Å². The fourth-order valence-corrected chi connectivity index (χ4v) is 3.49. The van der Waals surface area contributed by atoms with Crippen molar-refractivity contribution < 1.29 is 19.1 Å². The number of amides is 1. The Labute approximate surface area is 117 Å². The van der Waals surface area contributed by atoms with E-state index in [2.05, 4.69) is 33.9 Å². The molecule has 0 unspecified atom stereocenters. The van der Waals surface area contributed by atoms with Gasteiger partial charge in [-0.15, -0.1) is 0 Å². The predicted molar refractivity (Wildman–Crippen MR) is 77.1 cm³/mol. The summed E-state index contributed by atoms with van der Waals surface area (Å²) in [7, 11) is -0.248. The van der Waals surface area contributed by atoms with Crippen LogP contribution in [0.2, 0.25) is 18.1 Å². The number of carbonyl (C=O) groups is 1. The van der Waals surface area contributed by atoms with Gasteiger partial charge >= 0.3 is 6.09 Å². The fraction of sp³-hybridized carbons (Fsp3) is 0.923. The number of methoxy groups -OCH3 is 1. The minimum absolute atomic E-state index is 0.00265. The Morgan fingerprint density at radius 1 is 1.42 bits per heavy atom. The molecule has 112 valence electrons. The fourth-order valence-electron chi connectivity index (χ4n) is 2.14. The minimum atomic E-state index is -1.85. The molecule has 1 aliphatic heterocycles. The first-order valence-corrected chi connectivity index (χ1v) is 9.65. The maximum Gasteiger partial charge on any atom is 0.407 e. The Balaban J connectivity index is 2.70. The first kappa shape index (κ1) is 16.5. The van der Waals surface area contributed by atoms with Gasteiger partial charge in [-0.05, 0) is 24.6 Å². The Morgan fingerprint density at radius 3 is 2.42 bits per heavy atom. The van der Waals surface area contributed by atoms with Gasteiger partial charge in [0.25, 0.3) is 0 Å². The zero-order valence-electron chi connectivity index (χ0n) is 12.9. The normalized spacial score (nSPS) is 24.8. The second-order valence-electron chi connectivity index (χ2n) is 6.78. The molecule has 0 spiro atoms. The Morgan fingerprint density at radius 2 is 2.00 bits per heavy atom. The smallest absolute Gasteiger partial charge is 0.407 e. The molecular formula is C13H27NO4Si. The molecule has 0 aromatic rings. The van der Waals surface area contributed by atoms with E-state index in [0.717, 1.165) is 6.42 Å². The van der Waals surface area contributed by atoms with E-state index < -0.39 is 14.4 Å². The van der Waals surface area contributed by atoms with Crippen LogP contribution in [0.15, 0.2) is 0 Å². The molecule has 1 aliphatic rings. The number of rotatable bonds is 4. The highest BCUT2D eigenvalue weighted by Crippen LogP contribution is 2.38. The Bertz CT molecular complexity index is 327. The summed E-state index contributed by atoms with van der Waals surface area (Å²) < 4.78 is 11.4. The van der Waals surface area contributed by atoms with Crippen LogP contribution in [-0.4, -0.2) is 56.8 Å². The van der Waals surface area contributed by atoms with Crippen LogP contribution in [0.5, 0.6) is 0 Å². The first-order valence-electron chi connectivity index (χ1n) is 6.75. The maximum atomic E-state index is 11.2. The lowest BCUT2D eigenvalue weighted by atomic mass is 10.2. The minimum Gasteiger partial charge on any atom is -0.465 e. The van der Waals surface area contributed by atoms with Gasteiger partial charge in [0.1, 0.15) is 0 Å². The molecule has 1 heterocycles. The van der Waals surface area contributed by atoms with Gasteiger partial charge in [0.15, 0.2) is 8.32 Å². The standard InChI is InChI=1S/C13H27NO4Si/c1-13(2,3)19(5,6)18-11-7-10(9-17-4)14(8-11)12(15)16/h10-11H,7-9H2,1-6H3,(H,15,16)/t10-,11-/m1/s1. The molecule has 0 bridgehead atoms. The maximum absolute atomic E-state index is 11.2. The monoisotopic (exact) mass is 289 g/mol. The average molecular weight is 289 g/mol. The number of hydrogen-bond donors (Lipinski definition) is 1. The van der Waals surface area contributed by atoms with E-state index in [0.29, 0.717) is 13.2 Å². The lowest BCUT2D eigenvalue weighted by molar-refractivity contribution is 0.0986. The molecule has 1 fully saturated rings. The molecule has 0 saturated carbocycles. The van der Waals surface area contributed by atoms with Crippen molar-refractivity contribution in [3.8, 4) is 0 Å². The van der Waals surface area contributed by atoms with E-state index in [9.17, 15) is 9.90 Å². The summed E-state index contributed by atoms with van der Waals surface area (Å²) >= 11 is 0. The first-order chi connectivity index (χ1) is 8.58. The summed E-state index contributed by atoms with van der Waals surface area (Å²) in [6.07, 6.45) is -0.160. The van der Waals surface area contributed by atoms with Crippen molar-refractivity contribution in [3.05, 3.63) is 0 Å². The van der Waals surface area contributed by atoms with E-state index >= 15 is 0 Å². The van der Waals surface area contributed by atoms with Crippen LogP contribution in [0, 0.1) is 0 Å². The zero-order valence-corrected chi connectivity index (χ0v) is 13.9. The molecule has 1 rings (SSSR count). The van der Waals surface area contributed by atoms with Gasteiger partial charge in [-0.2, -0.15) is 0 Å². The van der Waals surface area contributed by atoms with Crippen LogP contribution in [0.4, 0.5) is 4.79 Å². The van der Waals surface area contributed by atoms with E-state index in [4.69, 9.17) is 9.16 Å². The van der Waals surface area contributed by atoms with E-state index in [1.165, 1.54) is 4.90 Å². The van der Waals surface area contributed by atoms with Crippen molar-refractivity contribution in [2.24, 2.45) is 0 Å². The van der Waals surface area contributed by atoms with Crippen LogP contribution in [-0.2, 0) is 9.16 Å². The molecule has 0 aromatic carbocycles. The zero-order chi connectivity index (χ0) is 14.8. The molecule has 0 aromatic heterocycles. The van der Waals surface area contributed by atoms with Crippen molar-refractivity contribution in [2.45, 2.75) is 57.5 Å². The van der Waals surface area contributed by atoms with Crippen LogP contribution < -0.4 is 0 Å². The van der Waals surface area contributed by atoms with E-state index in [1.54, 1.807) is 7.11 Å². The lowest BCUT2D eigenvalue weighted by Gasteiger charge is -2.38. The number of carboxylic acid groups (broad SMARTS) is 1. The Kier molecular flexibility index (Phi) is 5.03. The molecule has 19 heavy (non-hydrogen) atoms. The number of nitrogens with zero attached hydrogens (tertiary/aromatic N) is 1. The van der Waals surface area contributed by atoms with E-state index in [1.807, 2.05) is 0 Å². The van der Waals surface area contributed by atoms with Gasteiger partial charge in [-0.25, -0.2) is 4.79 Å². The molecule has 0 aliphatic carbocycles. The van der Waals surface area contributed by atoms with Crippen molar-refractivity contribution in [1.29, 1.82) is 0 Å². The highest BCUT2D eigenvalue weighted by Gasteiger charge is 2.43. The summed E-state index contributed by atoms with van der Waals surface area (Å²) in [5, 5.41) is 9.35. The molecule has 1 N–H and O–H groups in total. The summed E-state index contributed by atoms with van der Waals surface area (Å²) in [4.78, 5) is 12.7. The van der Waals surface area contributed by atoms with Gasteiger partial charge in [0.05, 0.1) is 18.8 Å². The molecule has 6 heteroatoms. The van der Waals surface area contributed by atoms with Crippen LogP contribution in [0.25, 0.3) is 0 Å². The summed E-state index contributed by atoms with van der Waals surface area (Å²) in [6, 6.07) is -0.0859. The molecular weight excluding hydrogens is 262 g/mol. The SMILES string of the molecule is COC[C@H]1C[C@@H](O[Si](C)(C)C(C)(C)C)CN1C(=O)O. The molecule has 5 nitrogen and oxygen atoms in total. The number of likely N-dealkylation sites (tertiary alicyclic amines) is 1. The third-order valence-corrected chi connectivity index (χ3v) is 8.78. The van der Waals surface area contributed by atoms with Crippen LogP contribution in [0.3, 0.4) is 0 Å². The quantitative estimate of drug-likeness (QED) is 0.809. The van der Waals surface area contributed by atoms with Crippen LogP contribution in [0.1, 0.15) is 27.2 Å². The highest BCUT2D eigenvalue weighted by atomic mass is 28.4.